The lowest BCUT2D eigenvalue weighted by atomic mass is 9.60. The van der Waals surface area contributed by atoms with Crippen LogP contribution in [0.5, 0.6) is 0 Å². The highest BCUT2D eigenvalue weighted by molar-refractivity contribution is 5.87. The lowest BCUT2D eigenvalue weighted by Gasteiger charge is -2.45. The van der Waals surface area contributed by atoms with Crippen LogP contribution in [-0.2, 0) is 11.2 Å². The molecule has 1 amide bonds. The Kier molecular flexibility index (Phi) is 8.48. The van der Waals surface area contributed by atoms with Crippen molar-refractivity contribution in [2.45, 2.75) is 109 Å². The Morgan fingerprint density at radius 2 is 1.90 bits per heavy atom. The van der Waals surface area contributed by atoms with Gasteiger partial charge in [-0.1, -0.05) is 68.5 Å². The number of aliphatic hydroxyl groups excluding tert-OH is 2. The Labute approximate surface area is 240 Å². The summed E-state index contributed by atoms with van der Waals surface area (Å²) in [6.45, 7) is 11.3. The lowest BCUT2D eigenvalue weighted by molar-refractivity contribution is -0.142. The number of allylic oxidation sites excluding steroid dienone is 3. The van der Waals surface area contributed by atoms with Gasteiger partial charge in [0.2, 0.25) is 0 Å². The number of nitrogens with zero attached hydrogens (tertiary/aromatic N) is 1. The van der Waals surface area contributed by atoms with E-state index in [1.165, 1.54) is 36.8 Å². The Bertz CT molecular complexity index is 1150. The quantitative estimate of drug-likeness (QED) is 0.406. The highest BCUT2D eigenvalue weighted by Crippen LogP contribution is 2.60. The van der Waals surface area contributed by atoms with Gasteiger partial charge in [0.05, 0.1) is 12.2 Å². The van der Waals surface area contributed by atoms with Gasteiger partial charge in [0.25, 0.3) is 5.91 Å². The number of hydrogen-bond donors (Lipinski definition) is 3. The Hall–Kier alpha value is -2.21. The van der Waals surface area contributed by atoms with Gasteiger partial charge < -0.3 is 20.2 Å². The summed E-state index contributed by atoms with van der Waals surface area (Å²) in [6.07, 6.45) is 12.3. The number of aliphatic hydroxyl groups is 3. The molecule has 4 fully saturated rings. The second-order valence-corrected chi connectivity index (χ2v) is 13.7. The summed E-state index contributed by atoms with van der Waals surface area (Å²) >= 11 is 0. The van der Waals surface area contributed by atoms with Crippen LogP contribution in [0.4, 0.5) is 0 Å². The Balaban J connectivity index is 1.28. The van der Waals surface area contributed by atoms with Crippen molar-refractivity contribution in [3.8, 4) is 0 Å². The largest absolute Gasteiger partial charge is 0.393 e. The van der Waals surface area contributed by atoms with Gasteiger partial charge in [-0.3, -0.25) is 4.79 Å². The third kappa shape index (κ3) is 5.75. The molecule has 1 aromatic carbocycles. The molecule has 1 heterocycles. The molecule has 0 unspecified atom stereocenters. The molecule has 0 spiro atoms. The topological polar surface area (TPSA) is 81.0 Å². The van der Waals surface area contributed by atoms with Crippen LogP contribution < -0.4 is 0 Å². The predicted molar refractivity (Wildman–Crippen MR) is 159 cm³/mol. The second kappa shape index (κ2) is 11.6. The molecular formula is C35H49NO4. The summed E-state index contributed by atoms with van der Waals surface area (Å²) in [4.78, 5) is 15.2. The number of fused-ring (bicyclic) bond motifs is 1. The third-order valence-corrected chi connectivity index (χ3v) is 10.9. The summed E-state index contributed by atoms with van der Waals surface area (Å²) in [5.41, 5.74) is 3.39. The number of benzene rings is 1. The van der Waals surface area contributed by atoms with E-state index in [4.69, 9.17) is 0 Å². The molecule has 1 saturated heterocycles. The molecule has 218 valence electrons. The highest BCUT2D eigenvalue weighted by Gasteiger charge is 2.53. The van der Waals surface area contributed by atoms with Crippen LogP contribution in [0.2, 0.25) is 0 Å². The van der Waals surface area contributed by atoms with Crippen molar-refractivity contribution in [3.05, 3.63) is 71.3 Å². The maximum Gasteiger partial charge on any atom is 0.254 e. The number of hydrogen-bond acceptors (Lipinski definition) is 4. The normalized spacial score (nSPS) is 39.2. The molecule has 40 heavy (non-hydrogen) atoms. The SMILES string of the molecule is C=C1/C(=C\C=C2/CCC[C@]3(C)[C@@H]([C@H](C)C[C@H]4C[C@@](C)(O)C(=O)N4CCc4ccccc4)CC[C@@H]23)C[C@@H](O)C[C@@H]1O. The molecule has 8 atom stereocenters. The molecule has 0 bridgehead atoms. The molecule has 1 aromatic rings. The van der Waals surface area contributed by atoms with Crippen molar-refractivity contribution in [2.75, 3.05) is 6.54 Å². The molecule has 5 nitrogen and oxygen atoms in total. The van der Waals surface area contributed by atoms with Gasteiger partial charge in [-0.05, 0) is 98.2 Å². The van der Waals surface area contributed by atoms with Crippen LogP contribution in [-0.4, -0.2) is 56.5 Å². The van der Waals surface area contributed by atoms with Crippen molar-refractivity contribution in [1.82, 2.24) is 4.90 Å². The molecule has 3 aliphatic carbocycles. The average molecular weight is 548 g/mol. The zero-order valence-electron chi connectivity index (χ0n) is 24.7. The first kappa shape index (κ1) is 29.3. The van der Waals surface area contributed by atoms with Crippen molar-refractivity contribution in [2.24, 2.45) is 23.2 Å². The van der Waals surface area contributed by atoms with Crippen molar-refractivity contribution >= 4 is 5.91 Å². The molecule has 3 N–H and O–H groups in total. The fourth-order valence-electron chi connectivity index (χ4n) is 8.79. The molecule has 3 saturated carbocycles. The summed E-state index contributed by atoms with van der Waals surface area (Å²) in [7, 11) is 0. The molecule has 1 aliphatic heterocycles. The molecular weight excluding hydrogens is 498 g/mol. The molecule has 0 radical (unpaired) electrons. The summed E-state index contributed by atoms with van der Waals surface area (Å²) < 4.78 is 0. The van der Waals surface area contributed by atoms with Crippen LogP contribution in [0.25, 0.3) is 0 Å². The minimum absolute atomic E-state index is 0.0716. The number of rotatable bonds is 7. The summed E-state index contributed by atoms with van der Waals surface area (Å²) in [5, 5.41) is 31.4. The number of carbonyl (C=O) groups excluding carboxylic acids is 1. The van der Waals surface area contributed by atoms with E-state index >= 15 is 0 Å². The molecule has 5 heteroatoms. The fraction of sp³-hybridized carbons (Fsp3) is 0.629. The van der Waals surface area contributed by atoms with E-state index in [-0.39, 0.29) is 17.4 Å². The van der Waals surface area contributed by atoms with Crippen LogP contribution in [0.1, 0.15) is 84.1 Å². The minimum Gasteiger partial charge on any atom is -0.393 e. The van der Waals surface area contributed by atoms with Gasteiger partial charge in [0, 0.05) is 25.4 Å². The smallest absolute Gasteiger partial charge is 0.254 e. The van der Waals surface area contributed by atoms with E-state index in [1.54, 1.807) is 6.92 Å². The van der Waals surface area contributed by atoms with Crippen LogP contribution in [0.15, 0.2) is 65.8 Å². The minimum atomic E-state index is -1.28. The van der Waals surface area contributed by atoms with Gasteiger partial charge in [-0.15, -0.1) is 0 Å². The van der Waals surface area contributed by atoms with Gasteiger partial charge >= 0.3 is 0 Å². The van der Waals surface area contributed by atoms with E-state index in [0.29, 0.717) is 43.6 Å². The van der Waals surface area contributed by atoms with Crippen molar-refractivity contribution < 1.29 is 20.1 Å². The van der Waals surface area contributed by atoms with Crippen LogP contribution in [0.3, 0.4) is 0 Å². The molecule has 0 aromatic heterocycles. The first-order valence-corrected chi connectivity index (χ1v) is 15.5. The number of likely N-dealkylation sites (tertiary alicyclic amines) is 1. The Morgan fingerprint density at radius 1 is 1.15 bits per heavy atom. The predicted octanol–water partition coefficient (Wildman–Crippen LogP) is 5.75. The van der Waals surface area contributed by atoms with Gasteiger partial charge in [0.15, 0.2) is 0 Å². The van der Waals surface area contributed by atoms with E-state index in [2.05, 4.69) is 44.7 Å². The summed E-state index contributed by atoms with van der Waals surface area (Å²) in [5.74, 6) is 1.46. The van der Waals surface area contributed by atoms with Crippen molar-refractivity contribution in [3.63, 3.8) is 0 Å². The molecule has 5 rings (SSSR count). The zero-order chi connectivity index (χ0) is 28.7. The maximum atomic E-state index is 13.2. The van der Waals surface area contributed by atoms with Gasteiger partial charge in [-0.2, -0.15) is 0 Å². The first-order chi connectivity index (χ1) is 19.0. The third-order valence-electron chi connectivity index (χ3n) is 10.9. The fourth-order valence-corrected chi connectivity index (χ4v) is 8.79. The second-order valence-electron chi connectivity index (χ2n) is 13.7. The maximum absolute atomic E-state index is 13.2. The standard InChI is InChI=1S/C35H49NO4/c1-23(19-28-22-35(4,40)33(39)36(28)18-16-25-9-6-5-7-10-25)30-14-15-31-26(11-8-17-34(30,31)3)12-13-27-20-29(37)21-32(38)24(27)2/h5-7,9-10,12-13,23,28-32,37-38,40H,2,8,11,14-22H2,1,3-4H3/b26-12+,27-13-/t23-,28+,29-,30-,31+,32+,34-,35-/m1/s1. The molecule has 4 aliphatic rings. The van der Waals surface area contributed by atoms with E-state index < -0.39 is 17.8 Å². The van der Waals surface area contributed by atoms with E-state index in [9.17, 15) is 20.1 Å². The van der Waals surface area contributed by atoms with Gasteiger partial charge in [-0.25, -0.2) is 0 Å². The number of amides is 1. The summed E-state index contributed by atoms with van der Waals surface area (Å²) in [6, 6.07) is 10.4. The van der Waals surface area contributed by atoms with Crippen molar-refractivity contribution in [1.29, 1.82) is 0 Å². The highest BCUT2D eigenvalue weighted by atomic mass is 16.3. The number of carbonyl (C=O) groups is 1. The average Bonchev–Trinajstić information content (AvgIpc) is 3.37. The lowest BCUT2D eigenvalue weighted by Crippen LogP contribution is -2.41. The first-order valence-electron chi connectivity index (χ1n) is 15.5. The van der Waals surface area contributed by atoms with Gasteiger partial charge in [0.1, 0.15) is 5.60 Å². The Morgan fingerprint density at radius 3 is 2.65 bits per heavy atom. The monoisotopic (exact) mass is 547 g/mol. The zero-order valence-corrected chi connectivity index (χ0v) is 24.7. The van der Waals surface area contributed by atoms with E-state index in [1.807, 2.05) is 23.1 Å². The van der Waals surface area contributed by atoms with Crippen LogP contribution in [0, 0.1) is 23.2 Å². The van der Waals surface area contributed by atoms with E-state index in [0.717, 1.165) is 30.4 Å². The van der Waals surface area contributed by atoms with Crippen LogP contribution >= 0.6 is 0 Å².